The van der Waals surface area contributed by atoms with Crippen LogP contribution in [0.25, 0.3) is 0 Å². The lowest BCUT2D eigenvalue weighted by Crippen LogP contribution is -2.61. The number of hydrogen-bond donors (Lipinski definition) is 9. The van der Waals surface area contributed by atoms with Crippen molar-refractivity contribution in [1.82, 2.24) is 36.6 Å². The van der Waals surface area contributed by atoms with Crippen molar-refractivity contribution in [1.29, 1.82) is 0 Å². The van der Waals surface area contributed by atoms with Gasteiger partial charge in [-0.2, -0.15) is 4.39 Å². The van der Waals surface area contributed by atoms with Crippen LogP contribution in [0.3, 0.4) is 0 Å². The smallest absolute Gasteiger partial charge is 0.326 e. The second-order valence-electron chi connectivity index (χ2n) is 16.3. The molecule has 0 radical (unpaired) electrons. The first kappa shape index (κ1) is 45.4. The molecule has 2 fully saturated rings. The zero-order valence-corrected chi connectivity index (χ0v) is 34.1. The van der Waals surface area contributed by atoms with Crippen LogP contribution in [0.15, 0.2) is 70.3 Å². The van der Waals surface area contributed by atoms with Gasteiger partial charge in [0.2, 0.25) is 23.5 Å². The fraction of sp³-hybridized carbons (Fsp3) is 0.512. The van der Waals surface area contributed by atoms with Crippen molar-refractivity contribution in [2.45, 2.75) is 120 Å². The first-order chi connectivity index (χ1) is 28.7. The van der Waals surface area contributed by atoms with Crippen molar-refractivity contribution >= 4 is 29.5 Å². The predicted octanol–water partition coefficient (Wildman–Crippen LogP) is 1.53. The van der Waals surface area contributed by atoms with E-state index in [1.807, 2.05) is 65.6 Å². The number of aliphatic hydroxyl groups is 1. The SMILES string of the molecule is CC(C)[C@H](NC(=O)[C@@H](N)CNC(=O)c1[nH]c(=O)[nH]c(=O)c1F)C(=O)N[C@@H](CC1CCCCC1)C(=O)N[C@@H](Cc1ccccc1)[C@@H](O)C(=O)NC1(c2ccccc2)CCCC1. The molecule has 3 aromatic rings. The summed E-state index contributed by atoms with van der Waals surface area (Å²) in [6, 6.07) is 14.0. The van der Waals surface area contributed by atoms with Crippen molar-refractivity contribution in [3.05, 3.63) is 104 Å². The van der Waals surface area contributed by atoms with Gasteiger partial charge in [-0.05, 0) is 48.6 Å². The van der Waals surface area contributed by atoms with E-state index in [4.69, 9.17) is 5.73 Å². The highest BCUT2D eigenvalue weighted by Crippen LogP contribution is 2.39. The predicted molar refractivity (Wildman–Crippen MR) is 221 cm³/mol. The second kappa shape index (κ2) is 21.0. The Kier molecular flexibility index (Phi) is 15.9. The van der Waals surface area contributed by atoms with E-state index in [0.717, 1.165) is 56.1 Å². The number of nitrogens with two attached hydrogens (primary N) is 1. The molecule has 2 aromatic carbocycles. The van der Waals surface area contributed by atoms with Gasteiger partial charge >= 0.3 is 5.69 Å². The maximum atomic E-state index is 14.4. The van der Waals surface area contributed by atoms with E-state index in [9.17, 15) is 43.1 Å². The van der Waals surface area contributed by atoms with E-state index in [-0.39, 0.29) is 18.8 Å². The fourth-order valence-electron chi connectivity index (χ4n) is 8.16. The van der Waals surface area contributed by atoms with E-state index in [0.29, 0.717) is 12.8 Å². The molecule has 60 heavy (non-hydrogen) atoms. The van der Waals surface area contributed by atoms with Gasteiger partial charge in [-0.1, -0.05) is 119 Å². The van der Waals surface area contributed by atoms with Crippen LogP contribution in [0, 0.1) is 17.7 Å². The molecule has 0 spiro atoms. The molecule has 324 valence electrons. The molecule has 0 bridgehead atoms. The van der Waals surface area contributed by atoms with Crippen molar-refractivity contribution < 1.29 is 33.5 Å². The van der Waals surface area contributed by atoms with Crippen LogP contribution in [0.5, 0.6) is 0 Å². The van der Waals surface area contributed by atoms with Gasteiger partial charge in [-0.15, -0.1) is 0 Å². The Balaban J connectivity index is 1.31. The van der Waals surface area contributed by atoms with Gasteiger partial charge < -0.3 is 42.4 Å². The maximum absolute atomic E-state index is 14.4. The van der Waals surface area contributed by atoms with Gasteiger partial charge in [0.1, 0.15) is 23.8 Å². The lowest BCUT2D eigenvalue weighted by atomic mass is 9.84. The molecule has 0 aliphatic heterocycles. The Hall–Kier alpha value is -5.68. The Morgan fingerprint density at radius 3 is 2.08 bits per heavy atom. The number of nitrogens with one attached hydrogen (secondary N) is 7. The normalized spacial score (nSPS) is 17.7. The zero-order valence-electron chi connectivity index (χ0n) is 34.1. The van der Waals surface area contributed by atoms with E-state index < -0.39 is 101 Å². The molecule has 5 atom stereocenters. The van der Waals surface area contributed by atoms with Crippen LogP contribution in [0.1, 0.15) is 99.7 Å². The number of H-pyrrole nitrogens is 2. The summed E-state index contributed by atoms with van der Waals surface area (Å²) in [6.07, 6.45) is 6.64. The molecule has 1 aromatic heterocycles. The van der Waals surface area contributed by atoms with Gasteiger partial charge in [-0.3, -0.25) is 33.8 Å². The van der Waals surface area contributed by atoms with E-state index >= 15 is 0 Å². The quantitative estimate of drug-likeness (QED) is 0.0900. The summed E-state index contributed by atoms with van der Waals surface area (Å²) >= 11 is 0. The van der Waals surface area contributed by atoms with Crippen LogP contribution in [-0.2, 0) is 31.1 Å². The largest absolute Gasteiger partial charge is 0.381 e. The molecule has 5 rings (SSSR count). The zero-order chi connectivity index (χ0) is 43.4. The molecule has 0 unspecified atom stereocenters. The topological polar surface area (TPSA) is 257 Å². The molecular formula is C43H57FN8O8. The number of rotatable bonds is 18. The average molecular weight is 833 g/mol. The third-order valence-electron chi connectivity index (χ3n) is 11.5. The van der Waals surface area contributed by atoms with Crippen molar-refractivity contribution in [3.8, 4) is 0 Å². The summed E-state index contributed by atoms with van der Waals surface area (Å²) < 4.78 is 14.2. The first-order valence-electron chi connectivity index (χ1n) is 20.7. The molecule has 10 N–H and O–H groups in total. The Labute approximate surface area is 347 Å². The van der Waals surface area contributed by atoms with E-state index in [1.165, 1.54) is 0 Å². The molecule has 5 amide bonds. The van der Waals surface area contributed by atoms with Crippen LogP contribution < -0.4 is 43.6 Å². The number of carbonyl (C=O) groups is 5. The maximum Gasteiger partial charge on any atom is 0.326 e. The molecular weight excluding hydrogens is 776 g/mol. The summed E-state index contributed by atoms with van der Waals surface area (Å²) in [7, 11) is 0. The minimum absolute atomic E-state index is 0.104. The molecule has 2 saturated carbocycles. The number of carbonyl (C=O) groups excluding carboxylic acids is 5. The highest BCUT2D eigenvalue weighted by molar-refractivity contribution is 5.95. The molecule has 0 saturated heterocycles. The summed E-state index contributed by atoms with van der Waals surface area (Å²) in [5, 5.41) is 25.4. The Morgan fingerprint density at radius 2 is 1.45 bits per heavy atom. The van der Waals surface area contributed by atoms with Crippen molar-refractivity contribution in [3.63, 3.8) is 0 Å². The standard InChI is InChI=1S/C43H57FN8O8/c1-25(2)33(49-36(54)29(45)24-46-39(57)34-32(44)38(56)51-42(60)50-34)40(58)48-31(23-27-16-8-4-9-17-27)37(55)47-30(22-26-14-6-3-7-15-26)35(53)41(59)52-43(20-12-13-21-43)28-18-10-5-11-19-28/h3,5-7,10-11,14-15,18-19,25,27,29-31,33,35,53H,4,8-9,12-13,16-17,20-24,45H2,1-2H3,(H,46,57)(H,47,55)(H,48,58)(H,49,54)(H,52,59)(H2,50,51,56,60)/t29-,30-,31-,33-,35+/m0/s1. The summed E-state index contributed by atoms with van der Waals surface area (Å²) in [5.41, 5.74) is 3.60. The third kappa shape index (κ3) is 12.0. The first-order valence-corrected chi connectivity index (χ1v) is 20.7. The monoisotopic (exact) mass is 832 g/mol. The molecule has 17 heteroatoms. The number of hydrogen-bond acceptors (Lipinski definition) is 9. The van der Waals surface area contributed by atoms with Gasteiger partial charge in [0.15, 0.2) is 6.10 Å². The summed E-state index contributed by atoms with van der Waals surface area (Å²) in [5.74, 6) is -5.89. The third-order valence-corrected chi connectivity index (χ3v) is 11.5. The average Bonchev–Trinajstić information content (AvgIpc) is 3.72. The Morgan fingerprint density at radius 1 is 0.817 bits per heavy atom. The number of aromatic amines is 2. The number of halogens is 1. The summed E-state index contributed by atoms with van der Waals surface area (Å²) in [4.78, 5) is 94.7. The highest BCUT2D eigenvalue weighted by Gasteiger charge is 2.41. The second-order valence-corrected chi connectivity index (χ2v) is 16.3. The number of benzene rings is 2. The molecule has 2 aliphatic carbocycles. The molecule has 2 aliphatic rings. The number of aromatic nitrogens is 2. The minimum Gasteiger partial charge on any atom is -0.381 e. The van der Waals surface area contributed by atoms with Crippen LogP contribution in [0.4, 0.5) is 4.39 Å². The van der Waals surface area contributed by atoms with Gasteiger partial charge in [0.25, 0.3) is 17.4 Å². The van der Waals surface area contributed by atoms with E-state index in [2.05, 4.69) is 26.6 Å². The number of aliphatic hydroxyl groups excluding tert-OH is 1. The number of amides is 5. The minimum atomic E-state index is -1.65. The lowest BCUT2D eigenvalue weighted by Gasteiger charge is -2.34. The van der Waals surface area contributed by atoms with E-state index in [1.54, 1.807) is 18.8 Å². The fourth-order valence-corrected chi connectivity index (χ4v) is 8.16. The molecule has 16 nitrogen and oxygen atoms in total. The Bertz CT molecular complexity index is 2070. The van der Waals surface area contributed by atoms with Gasteiger partial charge in [-0.25, -0.2) is 4.79 Å². The highest BCUT2D eigenvalue weighted by atomic mass is 19.1. The van der Waals surface area contributed by atoms with Gasteiger partial charge in [0, 0.05) is 6.54 Å². The van der Waals surface area contributed by atoms with Gasteiger partial charge in [0.05, 0.1) is 11.6 Å². The molecule has 1 heterocycles. The van der Waals surface area contributed by atoms with Crippen LogP contribution in [0.2, 0.25) is 0 Å². The van der Waals surface area contributed by atoms with Crippen LogP contribution in [-0.4, -0.2) is 81.4 Å². The van der Waals surface area contributed by atoms with Crippen molar-refractivity contribution in [2.24, 2.45) is 17.6 Å². The lowest BCUT2D eigenvalue weighted by molar-refractivity contribution is -0.136. The van der Waals surface area contributed by atoms with Crippen molar-refractivity contribution in [2.75, 3.05) is 6.54 Å². The van der Waals surface area contributed by atoms with Crippen LogP contribution >= 0.6 is 0 Å². The summed E-state index contributed by atoms with van der Waals surface area (Å²) in [6.45, 7) is 2.80.